The van der Waals surface area contributed by atoms with E-state index in [0.29, 0.717) is 6.54 Å². The Morgan fingerprint density at radius 1 is 1.23 bits per heavy atom. The number of halogens is 1. The molecule has 1 heterocycles. The van der Waals surface area contributed by atoms with Crippen molar-refractivity contribution in [3.05, 3.63) is 17.0 Å². The van der Waals surface area contributed by atoms with Gasteiger partial charge in [-0.25, -0.2) is 4.99 Å². The zero-order chi connectivity index (χ0) is 21.4. The Bertz CT molecular complexity index is 700. The average Bonchev–Trinajstić information content (AvgIpc) is 3.00. The first-order valence-corrected chi connectivity index (χ1v) is 11.3. The molecule has 1 aromatic heterocycles. The first-order valence-electron chi connectivity index (χ1n) is 11.3. The molecule has 1 aliphatic carbocycles. The van der Waals surface area contributed by atoms with Gasteiger partial charge in [0.25, 0.3) is 0 Å². The van der Waals surface area contributed by atoms with E-state index in [9.17, 15) is 4.79 Å². The highest BCUT2D eigenvalue weighted by atomic mass is 127. The van der Waals surface area contributed by atoms with Gasteiger partial charge < -0.3 is 16.0 Å². The number of aliphatic imine (C=N–C) groups is 1. The van der Waals surface area contributed by atoms with Crippen LogP contribution in [-0.4, -0.2) is 40.3 Å². The van der Waals surface area contributed by atoms with Crippen molar-refractivity contribution in [1.29, 1.82) is 0 Å². The lowest BCUT2D eigenvalue weighted by Gasteiger charge is -2.30. The summed E-state index contributed by atoms with van der Waals surface area (Å²) in [4.78, 5) is 17.3. The fraction of sp³-hybridized carbons (Fsp3) is 0.773. The number of rotatable bonds is 8. The molecule has 1 fully saturated rings. The van der Waals surface area contributed by atoms with Crippen LogP contribution < -0.4 is 16.0 Å². The van der Waals surface area contributed by atoms with Gasteiger partial charge in [0.1, 0.15) is 0 Å². The fourth-order valence-electron chi connectivity index (χ4n) is 4.21. The maximum atomic E-state index is 12.4. The quantitative estimate of drug-likeness (QED) is 0.273. The second kappa shape index (κ2) is 13.2. The Morgan fingerprint density at radius 3 is 2.57 bits per heavy atom. The number of amides is 1. The summed E-state index contributed by atoms with van der Waals surface area (Å²) in [6.45, 7) is 11.8. The molecule has 1 amide bonds. The van der Waals surface area contributed by atoms with Crippen LogP contribution in [0, 0.1) is 5.92 Å². The minimum absolute atomic E-state index is 0. The molecule has 0 spiro atoms. The van der Waals surface area contributed by atoms with Gasteiger partial charge in [0.2, 0.25) is 5.91 Å². The van der Waals surface area contributed by atoms with Crippen molar-refractivity contribution in [2.24, 2.45) is 18.0 Å². The number of hydrogen-bond donors (Lipinski definition) is 3. The molecular formula is C22H41IN6O. The summed E-state index contributed by atoms with van der Waals surface area (Å²) >= 11 is 0. The summed E-state index contributed by atoms with van der Waals surface area (Å²) in [5.74, 6) is 1.10. The van der Waals surface area contributed by atoms with Crippen molar-refractivity contribution in [3.63, 3.8) is 0 Å². The van der Waals surface area contributed by atoms with Gasteiger partial charge in [0, 0.05) is 42.9 Å². The third-order valence-electron chi connectivity index (χ3n) is 5.58. The van der Waals surface area contributed by atoms with E-state index in [1.807, 2.05) is 25.6 Å². The molecule has 0 saturated heterocycles. The van der Waals surface area contributed by atoms with E-state index in [-0.39, 0.29) is 47.9 Å². The predicted octanol–water partition coefficient (Wildman–Crippen LogP) is 3.30. The lowest BCUT2D eigenvalue weighted by Crippen LogP contribution is -2.47. The van der Waals surface area contributed by atoms with Gasteiger partial charge in [-0.15, -0.1) is 24.0 Å². The molecule has 0 radical (unpaired) electrons. The molecule has 2 rings (SSSR count). The Kier molecular flexibility index (Phi) is 11.7. The average molecular weight is 533 g/mol. The van der Waals surface area contributed by atoms with Crippen LogP contribution in [0.25, 0.3) is 0 Å². The molecule has 3 N–H and O–H groups in total. The van der Waals surface area contributed by atoms with E-state index in [2.05, 4.69) is 41.8 Å². The summed E-state index contributed by atoms with van der Waals surface area (Å²) < 4.78 is 1.99. The van der Waals surface area contributed by atoms with Crippen molar-refractivity contribution in [2.45, 2.75) is 91.8 Å². The number of aryl methyl sites for hydroxylation is 2. The molecule has 1 saturated carbocycles. The van der Waals surface area contributed by atoms with Crippen LogP contribution in [0.2, 0.25) is 0 Å². The van der Waals surface area contributed by atoms with Crippen molar-refractivity contribution in [3.8, 4) is 0 Å². The molecule has 2 atom stereocenters. The maximum absolute atomic E-state index is 12.4. The Hall–Kier alpha value is -1.32. The van der Waals surface area contributed by atoms with Crippen molar-refractivity contribution < 1.29 is 4.79 Å². The molecule has 30 heavy (non-hydrogen) atoms. The van der Waals surface area contributed by atoms with Gasteiger partial charge in [0.15, 0.2) is 5.96 Å². The summed E-state index contributed by atoms with van der Waals surface area (Å²) in [6.07, 6.45) is 5.83. The first kappa shape index (κ1) is 26.7. The third kappa shape index (κ3) is 7.42. The lowest BCUT2D eigenvalue weighted by molar-refractivity contribution is -0.126. The summed E-state index contributed by atoms with van der Waals surface area (Å²) in [5, 5.41) is 14.7. The summed E-state index contributed by atoms with van der Waals surface area (Å²) in [5.41, 5.74) is 3.63. The highest BCUT2D eigenvalue weighted by molar-refractivity contribution is 14.0. The number of hydrogen-bond acceptors (Lipinski definition) is 3. The number of carbonyl (C=O) groups excluding carboxylic acids is 1. The standard InChI is InChI=1S/C22H40N6O.HI/c1-7-19-18(20(8-2)28(6)27-19)14-24-22(23-9-3)26-17-12-10-11-16(13-17)21(29)25-15(4)5;/h15-17H,7-14H2,1-6H3,(H,25,29)(H2,23,24,26);1H. The zero-order valence-corrected chi connectivity index (χ0v) is 21.9. The molecular weight excluding hydrogens is 491 g/mol. The van der Waals surface area contributed by atoms with E-state index in [1.165, 1.54) is 11.3 Å². The minimum atomic E-state index is 0. The second-order valence-electron chi connectivity index (χ2n) is 8.27. The number of guanidine groups is 1. The highest BCUT2D eigenvalue weighted by Crippen LogP contribution is 2.25. The molecule has 0 aromatic carbocycles. The Labute approximate surface area is 199 Å². The van der Waals surface area contributed by atoms with E-state index in [1.54, 1.807) is 0 Å². The molecule has 2 unspecified atom stereocenters. The second-order valence-corrected chi connectivity index (χ2v) is 8.27. The zero-order valence-electron chi connectivity index (χ0n) is 19.5. The number of aromatic nitrogens is 2. The van der Waals surface area contributed by atoms with Crippen molar-refractivity contribution in [1.82, 2.24) is 25.7 Å². The SMILES string of the molecule is CCNC(=NCc1c(CC)nn(C)c1CC)NC1CCCC(C(=O)NC(C)C)C1.I. The molecule has 0 bridgehead atoms. The van der Waals surface area contributed by atoms with Crippen LogP contribution in [0.15, 0.2) is 4.99 Å². The lowest BCUT2D eigenvalue weighted by atomic mass is 9.85. The monoisotopic (exact) mass is 532 g/mol. The Morgan fingerprint density at radius 2 is 1.97 bits per heavy atom. The van der Waals surface area contributed by atoms with Crippen LogP contribution in [-0.2, 0) is 31.2 Å². The fourth-order valence-corrected chi connectivity index (χ4v) is 4.21. The number of carbonyl (C=O) groups is 1. The van der Waals surface area contributed by atoms with Gasteiger partial charge in [-0.3, -0.25) is 9.48 Å². The van der Waals surface area contributed by atoms with Crippen LogP contribution in [0.4, 0.5) is 0 Å². The van der Waals surface area contributed by atoms with Crippen LogP contribution in [0.1, 0.15) is 77.3 Å². The smallest absolute Gasteiger partial charge is 0.223 e. The molecule has 8 heteroatoms. The van der Waals surface area contributed by atoms with Crippen molar-refractivity contribution in [2.75, 3.05) is 6.54 Å². The summed E-state index contributed by atoms with van der Waals surface area (Å²) in [6, 6.07) is 0.462. The third-order valence-corrected chi connectivity index (χ3v) is 5.58. The minimum Gasteiger partial charge on any atom is -0.357 e. The predicted molar refractivity (Wildman–Crippen MR) is 134 cm³/mol. The van der Waals surface area contributed by atoms with Crippen LogP contribution in [0.5, 0.6) is 0 Å². The van der Waals surface area contributed by atoms with E-state index < -0.39 is 0 Å². The van der Waals surface area contributed by atoms with E-state index in [4.69, 9.17) is 4.99 Å². The molecule has 7 nitrogen and oxygen atoms in total. The topological polar surface area (TPSA) is 83.3 Å². The van der Waals surface area contributed by atoms with Crippen LogP contribution in [0.3, 0.4) is 0 Å². The first-order chi connectivity index (χ1) is 13.9. The van der Waals surface area contributed by atoms with Crippen LogP contribution >= 0.6 is 24.0 Å². The largest absolute Gasteiger partial charge is 0.357 e. The molecule has 1 aromatic rings. The van der Waals surface area contributed by atoms with Crippen molar-refractivity contribution >= 4 is 35.8 Å². The van der Waals surface area contributed by atoms with Gasteiger partial charge in [-0.2, -0.15) is 5.10 Å². The molecule has 0 aliphatic heterocycles. The normalized spacial score (nSPS) is 19.4. The van der Waals surface area contributed by atoms with E-state index >= 15 is 0 Å². The molecule has 172 valence electrons. The van der Waals surface area contributed by atoms with Gasteiger partial charge in [0.05, 0.1) is 12.2 Å². The summed E-state index contributed by atoms with van der Waals surface area (Å²) in [7, 11) is 2.01. The highest BCUT2D eigenvalue weighted by Gasteiger charge is 2.28. The Balaban J connectivity index is 0.00000450. The van der Waals surface area contributed by atoms with Gasteiger partial charge in [-0.1, -0.05) is 20.3 Å². The van der Waals surface area contributed by atoms with E-state index in [0.717, 1.165) is 56.7 Å². The van der Waals surface area contributed by atoms with Gasteiger partial charge in [-0.05, 0) is 52.9 Å². The maximum Gasteiger partial charge on any atom is 0.223 e. The number of nitrogens with one attached hydrogen (secondary N) is 3. The molecule has 1 aliphatic rings. The number of nitrogens with zero attached hydrogens (tertiary/aromatic N) is 3. The van der Waals surface area contributed by atoms with Gasteiger partial charge >= 0.3 is 0 Å².